The van der Waals surface area contributed by atoms with Gasteiger partial charge >= 0.3 is 0 Å². The molecule has 30 heavy (non-hydrogen) atoms. The van der Waals surface area contributed by atoms with Crippen LogP contribution in [0.4, 0.5) is 8.78 Å². The van der Waals surface area contributed by atoms with Crippen molar-refractivity contribution in [2.75, 3.05) is 26.2 Å². The molecule has 1 atom stereocenters. The Morgan fingerprint density at radius 3 is 2.80 bits per heavy atom. The summed E-state index contributed by atoms with van der Waals surface area (Å²) in [6, 6.07) is 3.79. The largest absolute Gasteiger partial charge is 0.473 e. The van der Waals surface area contributed by atoms with Crippen LogP contribution in [0.5, 0.6) is 0 Å². The van der Waals surface area contributed by atoms with Crippen LogP contribution in [-0.2, 0) is 16.1 Å². The number of rotatable bonds is 3. The van der Waals surface area contributed by atoms with Gasteiger partial charge in [-0.3, -0.25) is 4.79 Å². The van der Waals surface area contributed by atoms with Gasteiger partial charge in [0.15, 0.2) is 11.6 Å². The van der Waals surface area contributed by atoms with Crippen LogP contribution in [0.1, 0.15) is 18.4 Å². The van der Waals surface area contributed by atoms with E-state index in [1.54, 1.807) is 0 Å². The van der Waals surface area contributed by atoms with Crippen LogP contribution in [0.2, 0.25) is 0 Å². The predicted molar refractivity (Wildman–Crippen MR) is 106 cm³/mol. The maximum atomic E-state index is 13.4. The first kappa shape index (κ1) is 19.0. The second-order valence-corrected chi connectivity index (χ2v) is 8.27. The van der Waals surface area contributed by atoms with E-state index in [-0.39, 0.29) is 18.6 Å². The summed E-state index contributed by atoms with van der Waals surface area (Å²) in [7, 11) is 0. The lowest BCUT2D eigenvalue weighted by molar-refractivity contribution is -0.135. The van der Waals surface area contributed by atoms with Crippen molar-refractivity contribution in [2.45, 2.75) is 31.0 Å². The topological polar surface area (TPSA) is 74.4 Å². The maximum absolute atomic E-state index is 13.4. The van der Waals surface area contributed by atoms with Gasteiger partial charge in [-0.15, -0.1) is 0 Å². The molecular formula is C21H23F2N5O2. The number of nitrogens with two attached hydrogens (primary N) is 1. The Bertz CT molecular complexity index is 988. The Morgan fingerprint density at radius 2 is 2.07 bits per heavy atom. The number of benzene rings is 1. The number of hydrogen-bond donors (Lipinski definition) is 1. The highest BCUT2D eigenvalue weighted by molar-refractivity contribution is 5.90. The van der Waals surface area contributed by atoms with E-state index >= 15 is 0 Å². The molecule has 1 amide bonds. The summed E-state index contributed by atoms with van der Waals surface area (Å²) in [5.74, 6) is 0.100. The molecule has 1 aromatic carbocycles. The van der Waals surface area contributed by atoms with E-state index < -0.39 is 17.2 Å². The van der Waals surface area contributed by atoms with Crippen molar-refractivity contribution < 1.29 is 18.3 Å². The van der Waals surface area contributed by atoms with Crippen LogP contribution in [0, 0.1) is 11.6 Å². The molecule has 3 fully saturated rings. The van der Waals surface area contributed by atoms with Crippen molar-refractivity contribution in [3.05, 3.63) is 59.7 Å². The van der Waals surface area contributed by atoms with Gasteiger partial charge in [0.25, 0.3) is 0 Å². The Hall–Kier alpha value is -2.94. The number of piperazine rings is 1. The summed E-state index contributed by atoms with van der Waals surface area (Å²) >= 11 is 0. The number of aliphatic imine (C=N–C) groups is 1. The SMILES string of the molecule is C=C1N=C(OCc2ccc(F)c(F)c2)C=C2N1CC1CN(C(=O)C3(N)CC3)CCN21. The molecule has 0 aromatic heterocycles. The van der Waals surface area contributed by atoms with Gasteiger partial charge in [0, 0.05) is 32.3 Å². The Balaban J connectivity index is 1.27. The normalized spacial score (nSPS) is 24.2. The number of carbonyl (C=O) groups is 1. The van der Waals surface area contributed by atoms with Crippen molar-refractivity contribution >= 4 is 11.8 Å². The number of ether oxygens (including phenoxy) is 1. The van der Waals surface area contributed by atoms with E-state index in [0.717, 1.165) is 30.8 Å². The van der Waals surface area contributed by atoms with Crippen LogP contribution in [-0.4, -0.2) is 64.3 Å². The van der Waals surface area contributed by atoms with Gasteiger partial charge < -0.3 is 25.2 Å². The Kier molecular flexibility index (Phi) is 4.32. The van der Waals surface area contributed by atoms with E-state index in [1.165, 1.54) is 6.07 Å². The number of hydrogen-bond acceptors (Lipinski definition) is 6. The molecule has 0 radical (unpaired) electrons. The second kappa shape index (κ2) is 6.80. The highest BCUT2D eigenvalue weighted by atomic mass is 19.2. The van der Waals surface area contributed by atoms with Crippen LogP contribution in [0.15, 0.2) is 47.5 Å². The minimum Gasteiger partial charge on any atom is -0.473 e. The lowest BCUT2D eigenvalue weighted by Gasteiger charge is -2.39. The van der Waals surface area contributed by atoms with Gasteiger partial charge in [-0.1, -0.05) is 12.6 Å². The molecule has 2 N–H and O–H groups in total. The molecule has 3 aliphatic heterocycles. The molecule has 0 spiro atoms. The van der Waals surface area contributed by atoms with Gasteiger partial charge in [0.05, 0.1) is 11.6 Å². The van der Waals surface area contributed by atoms with Gasteiger partial charge in [-0.25, -0.2) is 8.78 Å². The van der Waals surface area contributed by atoms with Crippen molar-refractivity contribution in [2.24, 2.45) is 10.7 Å². The van der Waals surface area contributed by atoms with E-state index in [2.05, 4.69) is 16.5 Å². The molecule has 1 aromatic rings. The number of amides is 1. The van der Waals surface area contributed by atoms with Gasteiger partial charge in [-0.2, -0.15) is 4.99 Å². The summed E-state index contributed by atoms with van der Waals surface area (Å²) in [5.41, 5.74) is 5.95. The average molecular weight is 415 g/mol. The smallest absolute Gasteiger partial charge is 0.242 e. The predicted octanol–water partition coefficient (Wildman–Crippen LogP) is 1.53. The van der Waals surface area contributed by atoms with Crippen molar-refractivity contribution in [1.82, 2.24) is 14.7 Å². The zero-order chi connectivity index (χ0) is 21.0. The fourth-order valence-corrected chi connectivity index (χ4v) is 4.21. The van der Waals surface area contributed by atoms with E-state index in [1.807, 2.05) is 15.9 Å². The summed E-state index contributed by atoms with van der Waals surface area (Å²) in [4.78, 5) is 23.1. The zero-order valence-corrected chi connectivity index (χ0v) is 16.5. The van der Waals surface area contributed by atoms with Gasteiger partial charge in [-0.05, 0) is 30.5 Å². The second-order valence-electron chi connectivity index (χ2n) is 8.27. The van der Waals surface area contributed by atoms with E-state index in [9.17, 15) is 13.6 Å². The maximum Gasteiger partial charge on any atom is 0.242 e. The molecule has 3 heterocycles. The molecule has 5 rings (SSSR count). The molecule has 4 aliphatic rings. The van der Waals surface area contributed by atoms with Crippen molar-refractivity contribution in [3.63, 3.8) is 0 Å². The minimum atomic E-state index is -0.910. The molecule has 1 saturated carbocycles. The molecule has 158 valence electrons. The lowest BCUT2D eigenvalue weighted by atomic mass is 10.1. The van der Waals surface area contributed by atoms with E-state index in [0.29, 0.717) is 43.5 Å². The molecule has 0 bridgehead atoms. The number of carbonyl (C=O) groups excluding carboxylic acids is 1. The number of nitrogens with zero attached hydrogens (tertiary/aromatic N) is 4. The van der Waals surface area contributed by atoms with Crippen LogP contribution in [0.25, 0.3) is 0 Å². The molecule has 1 aliphatic carbocycles. The first-order valence-corrected chi connectivity index (χ1v) is 10.0. The minimum absolute atomic E-state index is 0.0478. The lowest BCUT2D eigenvalue weighted by Crippen LogP contribution is -2.56. The third kappa shape index (κ3) is 3.23. The van der Waals surface area contributed by atoms with Gasteiger partial charge in [0.2, 0.25) is 11.8 Å². The zero-order valence-electron chi connectivity index (χ0n) is 16.5. The molecular weight excluding hydrogens is 392 g/mol. The van der Waals surface area contributed by atoms with Gasteiger partial charge in [0.1, 0.15) is 18.2 Å². The standard InChI is InChI=1S/C21H23F2N5O2/c1-13-25-18(30-12-14-2-3-16(22)17(23)8-14)9-19-27-7-6-26(10-15(27)11-28(13)19)20(29)21(24)4-5-21/h2-3,8-9,15H,1,4-7,10-12,24H2. The van der Waals surface area contributed by atoms with E-state index in [4.69, 9.17) is 10.5 Å². The number of fused-ring (bicyclic) bond motifs is 3. The number of halogens is 2. The monoisotopic (exact) mass is 415 g/mol. The molecule has 1 unspecified atom stereocenters. The summed E-state index contributed by atoms with van der Waals surface area (Å²) in [6.07, 6.45) is 3.35. The third-order valence-corrected chi connectivity index (χ3v) is 6.12. The fourth-order valence-electron chi connectivity index (χ4n) is 4.21. The molecule has 7 nitrogen and oxygen atoms in total. The summed E-state index contributed by atoms with van der Waals surface area (Å²) in [5, 5.41) is 0. The quantitative estimate of drug-likeness (QED) is 0.811. The first-order chi connectivity index (χ1) is 14.3. The Morgan fingerprint density at radius 1 is 1.27 bits per heavy atom. The third-order valence-electron chi connectivity index (χ3n) is 6.12. The molecule has 2 saturated heterocycles. The van der Waals surface area contributed by atoms with Crippen LogP contribution < -0.4 is 5.73 Å². The highest BCUT2D eigenvalue weighted by Gasteiger charge is 2.50. The van der Waals surface area contributed by atoms with Crippen molar-refractivity contribution in [3.8, 4) is 0 Å². The van der Waals surface area contributed by atoms with Crippen molar-refractivity contribution in [1.29, 1.82) is 0 Å². The fraction of sp³-hybridized carbons (Fsp3) is 0.429. The Labute approximate surface area is 173 Å². The summed E-state index contributed by atoms with van der Waals surface area (Å²) < 4.78 is 32.2. The van der Waals surface area contributed by atoms with Crippen LogP contribution in [0.3, 0.4) is 0 Å². The summed E-state index contributed by atoms with van der Waals surface area (Å²) in [6.45, 7) is 6.71. The molecule has 9 heteroatoms. The highest BCUT2D eigenvalue weighted by Crippen LogP contribution is 2.37. The average Bonchev–Trinajstić information content (AvgIpc) is 3.37. The van der Waals surface area contributed by atoms with Crippen LogP contribution >= 0.6 is 0 Å². The first-order valence-electron chi connectivity index (χ1n) is 10.0.